The summed E-state index contributed by atoms with van der Waals surface area (Å²) in [6.45, 7) is 1.26. The predicted octanol–water partition coefficient (Wildman–Crippen LogP) is 2.30. The summed E-state index contributed by atoms with van der Waals surface area (Å²) in [7, 11) is 0. The minimum atomic E-state index is -0.0553. The number of fused-ring (bicyclic) bond motifs is 1. The van der Waals surface area contributed by atoms with Crippen LogP contribution in [0.4, 0.5) is 0 Å². The van der Waals surface area contributed by atoms with Gasteiger partial charge in [0.05, 0.1) is 12.2 Å². The third-order valence-electron chi connectivity index (χ3n) is 4.32. The molecule has 1 fully saturated rings. The van der Waals surface area contributed by atoms with E-state index in [9.17, 15) is 4.79 Å². The van der Waals surface area contributed by atoms with Gasteiger partial charge in [-0.15, -0.1) is 0 Å². The summed E-state index contributed by atoms with van der Waals surface area (Å²) in [6, 6.07) is 8.73. The van der Waals surface area contributed by atoms with E-state index in [1.165, 1.54) is 0 Å². The molecule has 0 atom stereocenters. The van der Waals surface area contributed by atoms with E-state index >= 15 is 0 Å². The van der Waals surface area contributed by atoms with E-state index in [-0.39, 0.29) is 18.6 Å². The number of hydrogen-bond acceptors (Lipinski definition) is 7. The maximum Gasteiger partial charge on any atom is 0.254 e. The fraction of sp³-hybridized carbons (Fsp3) is 0.235. The van der Waals surface area contributed by atoms with Crippen LogP contribution < -0.4 is 9.47 Å². The number of nitrogens with zero attached hydrogens (tertiary/aromatic N) is 3. The Morgan fingerprint density at radius 3 is 2.88 bits per heavy atom. The van der Waals surface area contributed by atoms with E-state index in [0.29, 0.717) is 47.6 Å². The number of aromatic nitrogens is 2. The second-order valence-corrected chi connectivity index (χ2v) is 5.91. The summed E-state index contributed by atoms with van der Waals surface area (Å²) in [6.07, 6.45) is 1.56. The lowest BCUT2D eigenvalue weighted by Crippen LogP contribution is -2.48. The third kappa shape index (κ3) is 2.34. The number of benzene rings is 1. The number of amides is 1. The number of ether oxygens (including phenoxy) is 2. The van der Waals surface area contributed by atoms with Crippen molar-refractivity contribution in [3.05, 3.63) is 48.0 Å². The van der Waals surface area contributed by atoms with Crippen molar-refractivity contribution >= 4 is 5.91 Å². The highest BCUT2D eigenvalue weighted by Gasteiger charge is 2.36. The normalized spacial score (nSPS) is 16.1. The van der Waals surface area contributed by atoms with Gasteiger partial charge in [0.1, 0.15) is 0 Å². The Balaban J connectivity index is 1.26. The van der Waals surface area contributed by atoms with E-state index in [1.807, 2.05) is 0 Å². The molecule has 0 unspecified atom stereocenters. The van der Waals surface area contributed by atoms with Crippen LogP contribution in [0.15, 0.2) is 45.5 Å². The summed E-state index contributed by atoms with van der Waals surface area (Å²) in [5.74, 6) is 2.73. The van der Waals surface area contributed by atoms with Gasteiger partial charge in [-0.1, -0.05) is 5.16 Å². The Labute approximate surface area is 141 Å². The van der Waals surface area contributed by atoms with Gasteiger partial charge < -0.3 is 23.3 Å². The first-order valence-electron chi connectivity index (χ1n) is 7.84. The second-order valence-electron chi connectivity index (χ2n) is 5.91. The lowest BCUT2D eigenvalue weighted by atomic mass is 9.98. The molecule has 126 valence electrons. The zero-order valence-corrected chi connectivity index (χ0v) is 13.0. The molecule has 8 heteroatoms. The van der Waals surface area contributed by atoms with Crippen LogP contribution in [0, 0.1) is 0 Å². The minimum absolute atomic E-state index is 0.0363. The number of carbonyl (C=O) groups is 1. The van der Waals surface area contributed by atoms with Crippen molar-refractivity contribution < 1.29 is 23.2 Å². The number of rotatable bonds is 3. The number of furan rings is 1. The van der Waals surface area contributed by atoms with Crippen molar-refractivity contribution in [2.45, 2.75) is 5.92 Å². The Hall–Kier alpha value is -3.29. The van der Waals surface area contributed by atoms with Gasteiger partial charge in [0.25, 0.3) is 5.91 Å². The molecule has 0 aliphatic carbocycles. The molecule has 1 saturated heterocycles. The van der Waals surface area contributed by atoms with Gasteiger partial charge in [-0.25, -0.2) is 0 Å². The minimum Gasteiger partial charge on any atom is -0.461 e. The number of hydrogen-bond donors (Lipinski definition) is 0. The molecule has 2 aromatic heterocycles. The molecule has 2 aliphatic heterocycles. The van der Waals surface area contributed by atoms with E-state index in [4.69, 9.17) is 18.4 Å². The van der Waals surface area contributed by atoms with Gasteiger partial charge in [0.15, 0.2) is 17.3 Å². The average Bonchev–Trinajstić information content (AvgIpc) is 3.33. The molecule has 25 heavy (non-hydrogen) atoms. The fourth-order valence-corrected chi connectivity index (χ4v) is 2.92. The smallest absolute Gasteiger partial charge is 0.254 e. The number of carbonyl (C=O) groups excluding carboxylic acids is 1. The second kappa shape index (κ2) is 5.37. The molecule has 2 aliphatic rings. The molecule has 0 N–H and O–H groups in total. The van der Waals surface area contributed by atoms with Crippen LogP contribution in [0.1, 0.15) is 22.2 Å². The molecular weight excluding hydrogens is 326 g/mol. The van der Waals surface area contributed by atoms with E-state index in [1.54, 1.807) is 41.5 Å². The first kappa shape index (κ1) is 14.1. The van der Waals surface area contributed by atoms with Gasteiger partial charge >= 0.3 is 0 Å². The largest absolute Gasteiger partial charge is 0.461 e. The molecule has 1 aromatic carbocycles. The van der Waals surface area contributed by atoms with Crippen molar-refractivity contribution in [2.24, 2.45) is 0 Å². The highest BCUT2D eigenvalue weighted by molar-refractivity contribution is 5.95. The topological polar surface area (TPSA) is 90.8 Å². The SMILES string of the molecule is O=C(c1ccc2c(c1)OCO2)N1CC(c2nc(-c3ccco3)no2)C1. The summed E-state index contributed by atoms with van der Waals surface area (Å²) in [5, 5.41) is 3.92. The maximum absolute atomic E-state index is 12.5. The molecule has 1 amide bonds. The first-order chi connectivity index (χ1) is 12.3. The van der Waals surface area contributed by atoms with Crippen molar-refractivity contribution in [3.63, 3.8) is 0 Å². The van der Waals surface area contributed by atoms with Crippen molar-refractivity contribution in [1.82, 2.24) is 15.0 Å². The molecule has 0 bridgehead atoms. The average molecular weight is 339 g/mol. The standard InChI is InChI=1S/C17H13N3O5/c21-17(10-3-4-12-14(6-10)24-9-23-12)20-7-11(8-20)16-18-15(19-25-16)13-2-1-5-22-13/h1-6,11H,7-9H2. The van der Waals surface area contributed by atoms with E-state index in [0.717, 1.165) is 0 Å². The zero-order valence-electron chi connectivity index (χ0n) is 13.0. The summed E-state index contributed by atoms with van der Waals surface area (Å²) in [5.41, 5.74) is 0.574. The van der Waals surface area contributed by atoms with Crippen LogP contribution in [0.2, 0.25) is 0 Å². The fourth-order valence-electron chi connectivity index (χ4n) is 2.92. The van der Waals surface area contributed by atoms with Crippen LogP contribution >= 0.6 is 0 Å². The molecule has 0 saturated carbocycles. The Bertz CT molecular complexity index is 928. The molecule has 8 nitrogen and oxygen atoms in total. The zero-order chi connectivity index (χ0) is 16.8. The summed E-state index contributed by atoms with van der Waals surface area (Å²) >= 11 is 0. The first-order valence-corrected chi connectivity index (χ1v) is 7.84. The molecule has 0 spiro atoms. The highest BCUT2D eigenvalue weighted by Crippen LogP contribution is 2.34. The predicted molar refractivity (Wildman–Crippen MR) is 83.2 cm³/mol. The quantitative estimate of drug-likeness (QED) is 0.723. The van der Waals surface area contributed by atoms with Crippen LogP contribution in [-0.2, 0) is 0 Å². The molecular formula is C17H13N3O5. The summed E-state index contributed by atoms with van der Waals surface area (Å²) in [4.78, 5) is 18.6. The van der Waals surface area contributed by atoms with Gasteiger partial charge in [0.2, 0.25) is 18.5 Å². The monoisotopic (exact) mass is 339 g/mol. The van der Waals surface area contributed by atoms with E-state index in [2.05, 4.69) is 10.1 Å². The van der Waals surface area contributed by atoms with E-state index < -0.39 is 0 Å². The van der Waals surface area contributed by atoms with Crippen LogP contribution in [0.25, 0.3) is 11.6 Å². The third-order valence-corrected chi connectivity index (χ3v) is 4.32. The lowest BCUT2D eigenvalue weighted by molar-refractivity contribution is 0.0569. The summed E-state index contributed by atoms with van der Waals surface area (Å²) < 4.78 is 21.1. The maximum atomic E-state index is 12.5. The van der Waals surface area contributed by atoms with Crippen molar-refractivity contribution in [3.8, 4) is 23.1 Å². The Morgan fingerprint density at radius 1 is 1.16 bits per heavy atom. The van der Waals surface area contributed by atoms with Crippen LogP contribution in [0.3, 0.4) is 0 Å². The molecule has 0 radical (unpaired) electrons. The van der Waals surface area contributed by atoms with Crippen LogP contribution in [0.5, 0.6) is 11.5 Å². The van der Waals surface area contributed by atoms with Crippen LogP contribution in [-0.4, -0.2) is 40.8 Å². The Kier molecular flexibility index (Phi) is 3.03. The van der Waals surface area contributed by atoms with Gasteiger partial charge in [0, 0.05) is 18.7 Å². The molecule has 3 aromatic rings. The van der Waals surface area contributed by atoms with Crippen molar-refractivity contribution in [1.29, 1.82) is 0 Å². The molecule has 4 heterocycles. The van der Waals surface area contributed by atoms with Gasteiger partial charge in [-0.2, -0.15) is 4.98 Å². The number of likely N-dealkylation sites (tertiary alicyclic amines) is 1. The lowest BCUT2D eigenvalue weighted by Gasteiger charge is -2.37. The molecule has 5 rings (SSSR count). The highest BCUT2D eigenvalue weighted by atomic mass is 16.7. The Morgan fingerprint density at radius 2 is 2.04 bits per heavy atom. The van der Waals surface area contributed by atoms with Crippen molar-refractivity contribution in [2.75, 3.05) is 19.9 Å². The van der Waals surface area contributed by atoms with Gasteiger partial charge in [-0.3, -0.25) is 4.79 Å². The van der Waals surface area contributed by atoms with Gasteiger partial charge in [-0.05, 0) is 30.3 Å².